The van der Waals surface area contributed by atoms with Crippen molar-refractivity contribution in [2.24, 2.45) is 0 Å². The number of aliphatic hydroxyl groups is 12. The van der Waals surface area contributed by atoms with Gasteiger partial charge in [-0.15, -0.1) is 0 Å². The molecule has 3 aliphatic rings. The summed E-state index contributed by atoms with van der Waals surface area (Å²) in [5.74, 6) is -1.21. The van der Waals surface area contributed by atoms with Gasteiger partial charge in [0, 0.05) is 30.2 Å². The monoisotopic (exact) mass is 1210 g/mol. The van der Waals surface area contributed by atoms with Gasteiger partial charge in [0.25, 0.3) is 0 Å². The minimum Gasteiger partial charge on any atom is -0.480 e. The van der Waals surface area contributed by atoms with Gasteiger partial charge in [0.2, 0.25) is 24.8 Å². The molecule has 3 heterocycles. The third kappa shape index (κ3) is 18.7. The summed E-state index contributed by atoms with van der Waals surface area (Å²) in [7, 11) is 0. The summed E-state index contributed by atoms with van der Waals surface area (Å²) in [6.45, 7) is -1.14. The molecule has 0 unspecified atom stereocenters. The van der Waals surface area contributed by atoms with Crippen molar-refractivity contribution in [3.05, 3.63) is 72.8 Å². The SMILES string of the molecule is O=C(O)[C@H](CCCCNC(=S)Nc1ccc(O[C@H]2O[C@H](CO)[C@@H](O)[C@H](O)[C@@H]2O)cc1)NC(=O)[C@H](CCCCNC(=S)Nc1ccc(O[C@H]2O[C@H](CO)[C@@H](O)[C@H](O)[C@@H]2O)cc1)NC(=S)Nc1ccc(O[C@H]2O[C@H](CO)[C@@H](O)[C@H](O)[C@@H]2O)cc1. The van der Waals surface area contributed by atoms with E-state index in [0.29, 0.717) is 55.8 Å². The van der Waals surface area contributed by atoms with Gasteiger partial charge in [0.05, 0.1) is 19.8 Å². The van der Waals surface area contributed by atoms with E-state index in [9.17, 15) is 76.0 Å². The zero-order valence-corrected chi connectivity index (χ0v) is 46.3. The summed E-state index contributed by atoms with van der Waals surface area (Å²) < 4.78 is 33.1. The second kappa shape index (κ2) is 31.9. The number of carbonyl (C=O) groups excluding carboxylic acids is 1. The summed E-state index contributed by atoms with van der Waals surface area (Å²) >= 11 is 16.5. The average Bonchev–Trinajstić information content (AvgIpc) is 3.48. The highest BCUT2D eigenvalue weighted by molar-refractivity contribution is 7.80. The number of amides is 1. The molecular weight excluding hydrogens is 1140 g/mol. The molecule has 1 amide bonds. The Bertz CT molecular complexity index is 2510. The van der Waals surface area contributed by atoms with Crippen LogP contribution < -0.4 is 51.4 Å². The van der Waals surface area contributed by atoms with Gasteiger partial charge < -0.3 is 132 Å². The molecule has 31 heteroatoms. The fourth-order valence-corrected chi connectivity index (χ4v) is 9.27. The maximum absolute atomic E-state index is 13.9. The summed E-state index contributed by atoms with van der Waals surface area (Å²) in [6, 6.07) is 16.5. The van der Waals surface area contributed by atoms with E-state index in [1.807, 2.05) is 0 Å². The lowest BCUT2D eigenvalue weighted by molar-refractivity contribution is -0.277. The number of aliphatic hydroxyl groups excluding tert-OH is 12. The standard InChI is InChI=1S/C51H71N7O21S3/c59-21-32-35(62)38(65)41(68)46(77-32)74-27-13-7-24(8-14-27)54-49(80)52-19-3-1-5-30(58-51(82)56-26-11-17-29(18-12-26)76-48-43(70)40(67)37(64)34(23-61)79-48)44(71)57-31(45(72)73)6-2-4-20-53-50(81)55-25-9-15-28(16-10-25)75-47-42(69)39(66)36(63)33(22-60)78-47/h7-18,30-43,46-48,59-70H,1-6,19-23H2,(H,57,71)(H,72,73)(H2,52,54,80)(H2,53,55,81)(H2,56,58,82)/t30-,31-,32+,33+,34+,35+,36+,37+,38-,39-,40-,41-,42-,43-,46-,47-,48-/m0/s1. The number of unbranched alkanes of at least 4 members (excludes halogenated alkanes) is 2. The number of carboxylic acid groups (broad SMARTS) is 1. The molecule has 0 aromatic heterocycles. The van der Waals surface area contributed by atoms with E-state index in [0.717, 1.165) is 0 Å². The lowest BCUT2D eigenvalue weighted by Gasteiger charge is -2.39. The number of nitrogens with one attached hydrogen (secondary N) is 7. The van der Waals surface area contributed by atoms with E-state index in [1.54, 1.807) is 60.7 Å². The smallest absolute Gasteiger partial charge is 0.326 e. The molecule has 0 spiro atoms. The highest BCUT2D eigenvalue weighted by atomic mass is 32.1. The molecule has 3 aromatic carbocycles. The first-order valence-corrected chi connectivity index (χ1v) is 27.3. The van der Waals surface area contributed by atoms with Crippen LogP contribution in [0.1, 0.15) is 38.5 Å². The number of aliphatic carboxylic acids is 1. The number of benzene rings is 3. The Morgan fingerprint density at radius 3 is 1.07 bits per heavy atom. The van der Waals surface area contributed by atoms with Crippen LogP contribution >= 0.6 is 36.7 Å². The van der Waals surface area contributed by atoms with Crippen molar-refractivity contribution in [1.29, 1.82) is 0 Å². The number of hydrogen-bond donors (Lipinski definition) is 20. The van der Waals surface area contributed by atoms with Gasteiger partial charge in [-0.3, -0.25) is 4.79 Å². The molecule has 0 radical (unpaired) electrons. The van der Waals surface area contributed by atoms with Crippen molar-refractivity contribution in [2.45, 2.75) is 143 Å². The molecule has 3 saturated heterocycles. The summed E-state index contributed by atoms with van der Waals surface area (Å²) in [6.07, 6.45) is -19.9. The fourth-order valence-electron chi connectivity index (χ4n) is 8.57. The van der Waals surface area contributed by atoms with Crippen LogP contribution in [0.25, 0.3) is 0 Å². The number of anilines is 3. The predicted octanol–water partition coefficient (Wildman–Crippen LogP) is -3.24. The molecule has 0 aliphatic carbocycles. The van der Waals surface area contributed by atoms with Crippen molar-refractivity contribution in [2.75, 3.05) is 48.9 Å². The summed E-state index contributed by atoms with van der Waals surface area (Å²) in [4.78, 5) is 26.4. The largest absolute Gasteiger partial charge is 0.480 e. The number of carbonyl (C=O) groups is 2. The zero-order chi connectivity index (χ0) is 59.6. The maximum atomic E-state index is 13.9. The van der Waals surface area contributed by atoms with Gasteiger partial charge in [0.1, 0.15) is 103 Å². The van der Waals surface area contributed by atoms with Crippen LogP contribution in [-0.2, 0) is 23.8 Å². The molecule has 0 bridgehead atoms. The van der Waals surface area contributed by atoms with Crippen molar-refractivity contribution < 1.29 is 104 Å². The highest BCUT2D eigenvalue weighted by Crippen LogP contribution is 2.29. The molecule has 454 valence electrons. The van der Waals surface area contributed by atoms with Crippen LogP contribution in [0.3, 0.4) is 0 Å². The van der Waals surface area contributed by atoms with Crippen LogP contribution in [0.2, 0.25) is 0 Å². The quantitative estimate of drug-likeness (QED) is 0.0277. The van der Waals surface area contributed by atoms with E-state index in [4.69, 9.17) is 65.1 Å². The average molecular weight is 1210 g/mol. The van der Waals surface area contributed by atoms with Crippen molar-refractivity contribution in [3.8, 4) is 17.2 Å². The Kier molecular flexibility index (Phi) is 25.6. The first-order chi connectivity index (χ1) is 39.2. The molecule has 3 aliphatic heterocycles. The summed E-state index contributed by atoms with van der Waals surface area (Å²) in [5, 5.41) is 151. The number of carboxylic acids is 1. The van der Waals surface area contributed by atoms with Crippen molar-refractivity contribution in [1.82, 2.24) is 21.3 Å². The predicted molar refractivity (Wildman–Crippen MR) is 301 cm³/mol. The normalized spacial score (nSPS) is 28.7. The Morgan fingerprint density at radius 2 is 0.756 bits per heavy atom. The lowest BCUT2D eigenvalue weighted by atomic mass is 9.99. The van der Waals surface area contributed by atoms with Gasteiger partial charge in [-0.05, 0) is 148 Å². The van der Waals surface area contributed by atoms with Gasteiger partial charge in [-0.1, -0.05) is 0 Å². The third-order valence-electron chi connectivity index (χ3n) is 13.3. The Morgan fingerprint density at radius 1 is 0.439 bits per heavy atom. The minimum absolute atomic E-state index is 0.00995. The number of thiocarbonyl (C=S) groups is 3. The topological polar surface area (TPSA) is 437 Å². The number of hydrogen-bond acceptors (Lipinski definition) is 23. The molecular formula is C51H71N7O21S3. The van der Waals surface area contributed by atoms with E-state index < -0.39 is 136 Å². The van der Waals surface area contributed by atoms with E-state index in [-0.39, 0.29) is 45.4 Å². The first kappa shape index (κ1) is 65.6. The van der Waals surface area contributed by atoms with E-state index in [1.165, 1.54) is 12.1 Å². The Balaban J connectivity index is 0.974. The molecule has 0 saturated carbocycles. The van der Waals surface area contributed by atoms with Gasteiger partial charge >= 0.3 is 5.97 Å². The third-order valence-corrected chi connectivity index (χ3v) is 14.0. The van der Waals surface area contributed by atoms with Crippen LogP contribution in [0.4, 0.5) is 17.1 Å². The van der Waals surface area contributed by atoms with Crippen LogP contribution in [0, 0.1) is 0 Å². The van der Waals surface area contributed by atoms with Crippen molar-refractivity contribution in [3.63, 3.8) is 0 Å². The number of rotatable bonds is 26. The molecule has 28 nitrogen and oxygen atoms in total. The van der Waals surface area contributed by atoms with Crippen LogP contribution in [0.5, 0.6) is 17.2 Å². The summed E-state index contributed by atoms with van der Waals surface area (Å²) in [5.41, 5.74) is 1.56. The Hall–Kier alpha value is -5.53. The van der Waals surface area contributed by atoms with Gasteiger partial charge in [-0.2, -0.15) is 0 Å². The highest BCUT2D eigenvalue weighted by Gasteiger charge is 2.47. The maximum Gasteiger partial charge on any atom is 0.326 e. The zero-order valence-electron chi connectivity index (χ0n) is 43.8. The molecule has 3 aromatic rings. The Labute approximate surface area is 486 Å². The van der Waals surface area contributed by atoms with Crippen LogP contribution in [-0.4, -0.2) is 231 Å². The van der Waals surface area contributed by atoms with E-state index in [2.05, 4.69) is 37.2 Å². The lowest BCUT2D eigenvalue weighted by Crippen LogP contribution is -2.60. The second-order valence-corrected chi connectivity index (χ2v) is 20.5. The molecule has 20 N–H and O–H groups in total. The van der Waals surface area contributed by atoms with Gasteiger partial charge in [0.15, 0.2) is 15.3 Å². The van der Waals surface area contributed by atoms with Crippen molar-refractivity contribution >= 4 is 80.9 Å². The molecule has 3 fully saturated rings. The fraction of sp³-hybridized carbons (Fsp3) is 0.549. The molecule has 6 rings (SSSR count). The van der Waals surface area contributed by atoms with Crippen LogP contribution in [0.15, 0.2) is 72.8 Å². The molecule has 82 heavy (non-hydrogen) atoms. The molecule has 17 atom stereocenters. The van der Waals surface area contributed by atoms with E-state index >= 15 is 0 Å². The first-order valence-electron chi connectivity index (χ1n) is 26.1. The second-order valence-electron chi connectivity index (χ2n) is 19.3. The minimum atomic E-state index is -1.64. The van der Waals surface area contributed by atoms with Gasteiger partial charge in [-0.25, -0.2) is 4.79 Å². The number of ether oxygens (including phenoxy) is 6.